The Labute approximate surface area is 191 Å². The van der Waals surface area contributed by atoms with E-state index in [-0.39, 0.29) is 28.1 Å². The molecule has 1 heterocycles. The number of carbonyl (C=O) groups excluding carboxylic acids is 2. The van der Waals surface area contributed by atoms with E-state index in [0.717, 1.165) is 5.56 Å². The quantitative estimate of drug-likeness (QED) is 0.516. The molecule has 6 nitrogen and oxygen atoms in total. The molecular formula is C23H23Cl2N3O3. The van der Waals surface area contributed by atoms with Gasteiger partial charge in [-0.1, -0.05) is 35.3 Å². The number of fused-ring (bicyclic) bond motifs is 1. The normalized spacial score (nSPS) is 10.7. The standard InChI is InChI=1S/C23H23Cl2N3O3/c1-4-28(5-2)19(29)13-31-22-14(3)12-26-21-15(22)8-6-11-18(21)27-23(30)20-16(24)9-7-10-17(20)25/h6-12H,4-5,13H2,1-3H3,(H,27,30). The number of halogens is 2. The monoisotopic (exact) mass is 459 g/mol. The number of pyridine rings is 1. The molecule has 0 unspecified atom stereocenters. The summed E-state index contributed by atoms with van der Waals surface area (Å²) in [5.41, 5.74) is 2.00. The Bertz CT molecular complexity index is 1110. The molecule has 3 aromatic rings. The molecule has 1 aromatic heterocycles. The molecule has 0 atom stereocenters. The number of carbonyl (C=O) groups is 2. The van der Waals surface area contributed by atoms with Crippen molar-refractivity contribution in [3.63, 3.8) is 0 Å². The van der Waals surface area contributed by atoms with Crippen molar-refractivity contribution in [1.29, 1.82) is 0 Å². The van der Waals surface area contributed by atoms with Gasteiger partial charge in [0.15, 0.2) is 6.61 Å². The average Bonchev–Trinajstić information content (AvgIpc) is 2.74. The van der Waals surface area contributed by atoms with Crippen molar-refractivity contribution in [3.05, 3.63) is 63.8 Å². The first-order valence-electron chi connectivity index (χ1n) is 9.91. The van der Waals surface area contributed by atoms with Gasteiger partial charge >= 0.3 is 0 Å². The van der Waals surface area contributed by atoms with Crippen LogP contribution < -0.4 is 10.1 Å². The predicted molar refractivity (Wildman–Crippen MR) is 124 cm³/mol. The fourth-order valence-electron chi connectivity index (χ4n) is 3.29. The van der Waals surface area contributed by atoms with Gasteiger partial charge in [0.2, 0.25) is 0 Å². The minimum Gasteiger partial charge on any atom is -0.483 e. The van der Waals surface area contributed by atoms with Gasteiger partial charge in [0.25, 0.3) is 11.8 Å². The van der Waals surface area contributed by atoms with Crippen molar-refractivity contribution in [2.45, 2.75) is 20.8 Å². The van der Waals surface area contributed by atoms with Gasteiger partial charge in [-0.05, 0) is 45.0 Å². The molecule has 3 rings (SSSR count). The number of ether oxygens (including phenoxy) is 1. The Morgan fingerprint density at radius 1 is 1.06 bits per heavy atom. The van der Waals surface area contributed by atoms with Crippen LogP contribution in [0.1, 0.15) is 29.8 Å². The first kappa shape index (κ1) is 22.8. The number of hydrogen-bond donors (Lipinski definition) is 1. The molecule has 8 heteroatoms. The van der Waals surface area contributed by atoms with Crippen LogP contribution in [0.3, 0.4) is 0 Å². The number of amides is 2. The van der Waals surface area contributed by atoms with Gasteiger partial charge in [-0.3, -0.25) is 14.6 Å². The third-order valence-corrected chi connectivity index (χ3v) is 5.55. The van der Waals surface area contributed by atoms with Gasteiger partial charge in [-0.2, -0.15) is 0 Å². The Balaban J connectivity index is 1.93. The summed E-state index contributed by atoms with van der Waals surface area (Å²) in [5.74, 6) is 0.0224. The number of aromatic nitrogens is 1. The van der Waals surface area contributed by atoms with Gasteiger partial charge in [0, 0.05) is 30.2 Å². The maximum Gasteiger partial charge on any atom is 0.260 e. The summed E-state index contributed by atoms with van der Waals surface area (Å²) in [7, 11) is 0. The van der Waals surface area contributed by atoms with Crippen molar-refractivity contribution in [1.82, 2.24) is 9.88 Å². The molecule has 31 heavy (non-hydrogen) atoms. The number of benzene rings is 2. The third kappa shape index (κ3) is 4.92. The van der Waals surface area contributed by atoms with Crippen LogP contribution in [-0.2, 0) is 4.79 Å². The molecule has 0 radical (unpaired) electrons. The Kier molecular flexibility index (Phi) is 7.36. The summed E-state index contributed by atoms with van der Waals surface area (Å²) in [6.45, 7) is 6.88. The van der Waals surface area contributed by atoms with E-state index in [1.165, 1.54) is 0 Å². The first-order chi connectivity index (χ1) is 14.9. The summed E-state index contributed by atoms with van der Waals surface area (Å²) >= 11 is 12.3. The second kappa shape index (κ2) is 9.98. The number of para-hydroxylation sites is 1. The van der Waals surface area contributed by atoms with E-state index in [0.29, 0.717) is 35.4 Å². The molecule has 2 amide bonds. The summed E-state index contributed by atoms with van der Waals surface area (Å²) in [6.07, 6.45) is 1.65. The highest BCUT2D eigenvalue weighted by Gasteiger charge is 2.18. The van der Waals surface area contributed by atoms with Gasteiger partial charge in [-0.15, -0.1) is 0 Å². The van der Waals surface area contributed by atoms with Gasteiger partial charge < -0.3 is 15.0 Å². The SMILES string of the molecule is CCN(CC)C(=O)COc1c(C)cnc2c(NC(=O)c3c(Cl)cccc3Cl)cccc12. The maximum atomic E-state index is 12.8. The molecular weight excluding hydrogens is 437 g/mol. The van der Waals surface area contributed by atoms with E-state index < -0.39 is 5.91 Å². The lowest BCUT2D eigenvalue weighted by atomic mass is 10.1. The van der Waals surface area contributed by atoms with Crippen LogP contribution in [0.2, 0.25) is 10.0 Å². The predicted octanol–water partition coefficient (Wildman–Crippen LogP) is 5.35. The topological polar surface area (TPSA) is 71.5 Å². The van der Waals surface area contributed by atoms with E-state index >= 15 is 0 Å². The summed E-state index contributed by atoms with van der Waals surface area (Å²) < 4.78 is 5.89. The zero-order chi connectivity index (χ0) is 22.5. The number of rotatable bonds is 7. The van der Waals surface area contributed by atoms with Crippen LogP contribution in [0.25, 0.3) is 10.9 Å². The van der Waals surface area contributed by atoms with Crippen molar-refractivity contribution in [2.24, 2.45) is 0 Å². The summed E-state index contributed by atoms with van der Waals surface area (Å²) in [6, 6.07) is 10.2. The Morgan fingerprint density at radius 3 is 2.35 bits per heavy atom. The van der Waals surface area contributed by atoms with Gasteiger partial charge in [-0.25, -0.2) is 0 Å². The molecule has 0 spiro atoms. The lowest BCUT2D eigenvalue weighted by molar-refractivity contribution is -0.132. The average molecular weight is 460 g/mol. The van der Waals surface area contributed by atoms with E-state index in [1.807, 2.05) is 26.8 Å². The van der Waals surface area contributed by atoms with Crippen LogP contribution >= 0.6 is 23.2 Å². The lowest BCUT2D eigenvalue weighted by Gasteiger charge is -2.20. The van der Waals surface area contributed by atoms with Gasteiger partial charge in [0.1, 0.15) is 5.75 Å². The second-order valence-corrected chi connectivity index (χ2v) is 7.69. The smallest absolute Gasteiger partial charge is 0.260 e. The minimum atomic E-state index is -0.440. The molecule has 0 fully saturated rings. The van der Waals surface area contributed by atoms with Crippen molar-refractivity contribution >= 4 is 51.6 Å². The largest absolute Gasteiger partial charge is 0.483 e. The van der Waals surface area contributed by atoms with Crippen molar-refractivity contribution < 1.29 is 14.3 Å². The number of aryl methyl sites for hydroxylation is 1. The van der Waals surface area contributed by atoms with Crippen LogP contribution in [0.5, 0.6) is 5.75 Å². The zero-order valence-corrected chi connectivity index (χ0v) is 19.0. The number of nitrogens with zero attached hydrogens (tertiary/aromatic N) is 2. The lowest BCUT2D eigenvalue weighted by Crippen LogP contribution is -2.34. The molecule has 0 bridgehead atoms. The van der Waals surface area contributed by atoms with Crippen LogP contribution in [0, 0.1) is 6.92 Å². The number of hydrogen-bond acceptors (Lipinski definition) is 4. The van der Waals surface area contributed by atoms with Crippen LogP contribution in [-0.4, -0.2) is 41.4 Å². The first-order valence-corrected chi connectivity index (χ1v) is 10.7. The fourth-order valence-corrected chi connectivity index (χ4v) is 3.86. The third-order valence-electron chi connectivity index (χ3n) is 4.92. The van der Waals surface area contributed by atoms with E-state index in [4.69, 9.17) is 27.9 Å². The highest BCUT2D eigenvalue weighted by molar-refractivity contribution is 6.40. The molecule has 2 aromatic carbocycles. The molecule has 0 aliphatic heterocycles. The van der Waals surface area contributed by atoms with E-state index in [1.54, 1.807) is 41.4 Å². The van der Waals surface area contributed by atoms with Crippen molar-refractivity contribution in [2.75, 3.05) is 25.0 Å². The molecule has 162 valence electrons. The Hall–Kier alpha value is -2.83. The van der Waals surface area contributed by atoms with E-state index in [9.17, 15) is 9.59 Å². The van der Waals surface area contributed by atoms with Gasteiger partial charge in [0.05, 0.1) is 26.8 Å². The molecule has 0 aliphatic carbocycles. The summed E-state index contributed by atoms with van der Waals surface area (Å²) in [4.78, 5) is 31.4. The molecule has 0 aliphatic rings. The second-order valence-electron chi connectivity index (χ2n) is 6.88. The Morgan fingerprint density at radius 2 is 1.71 bits per heavy atom. The molecule has 0 saturated carbocycles. The molecule has 1 N–H and O–H groups in total. The van der Waals surface area contributed by atoms with Crippen molar-refractivity contribution in [3.8, 4) is 5.75 Å². The number of nitrogens with one attached hydrogen (secondary N) is 1. The maximum absolute atomic E-state index is 12.8. The zero-order valence-electron chi connectivity index (χ0n) is 17.5. The highest BCUT2D eigenvalue weighted by Crippen LogP contribution is 2.33. The fraction of sp³-hybridized carbons (Fsp3) is 0.261. The van der Waals surface area contributed by atoms with E-state index in [2.05, 4.69) is 10.3 Å². The van der Waals surface area contributed by atoms with Crippen LogP contribution in [0.15, 0.2) is 42.6 Å². The summed E-state index contributed by atoms with van der Waals surface area (Å²) in [5, 5.41) is 4.03. The van der Waals surface area contributed by atoms with Crippen LogP contribution in [0.4, 0.5) is 5.69 Å². The highest BCUT2D eigenvalue weighted by atomic mass is 35.5. The molecule has 0 saturated heterocycles. The number of anilines is 1. The number of likely N-dealkylation sites (N-methyl/N-ethyl adjacent to an activating group) is 1. The minimum absolute atomic E-state index is 0.0759.